The number of aliphatic hydroxyl groups excluding tert-OH is 9. The van der Waals surface area contributed by atoms with E-state index in [0.29, 0.717) is 60.0 Å². The molecule has 17 N–H and O–H groups in total. The molecule has 0 radical (unpaired) electrons. The van der Waals surface area contributed by atoms with Crippen LogP contribution in [0, 0.1) is 0 Å². The molecule has 3 fully saturated rings. The van der Waals surface area contributed by atoms with Crippen LogP contribution in [0.3, 0.4) is 0 Å². The minimum atomic E-state index is -3.01. The Balaban J connectivity index is 0.946. The van der Waals surface area contributed by atoms with E-state index in [-0.39, 0.29) is 39.8 Å². The Labute approximate surface area is 449 Å². The van der Waals surface area contributed by atoms with E-state index in [1.165, 1.54) is 30.3 Å². The van der Waals surface area contributed by atoms with Crippen LogP contribution >= 0.6 is 12.2 Å². The minimum absolute atomic E-state index is 0.0115. The summed E-state index contributed by atoms with van der Waals surface area (Å²) < 4.78 is 40.7. The lowest BCUT2D eigenvalue weighted by Crippen LogP contribution is -2.70. The number of aromatic carboxylic acids is 1. The summed E-state index contributed by atoms with van der Waals surface area (Å²) in [5, 5.41) is 136. The number of hydrogen-bond donors (Lipinski definition) is 16. The van der Waals surface area contributed by atoms with Gasteiger partial charge in [-0.3, -0.25) is 9.59 Å². The number of benzene rings is 3. The molecule has 0 aromatic heterocycles. The van der Waals surface area contributed by atoms with Crippen LogP contribution < -0.4 is 27.1 Å². The fraction of sp³-hybridized carbons (Fsp3) is 0.540. The molecule has 27 nitrogen and oxygen atoms in total. The van der Waals surface area contributed by atoms with E-state index >= 15 is 0 Å². The number of ether oxygens (including phenoxy) is 6. The maximum Gasteiger partial charge on any atom is 0.364 e. The van der Waals surface area contributed by atoms with Gasteiger partial charge in [0.25, 0.3) is 5.79 Å². The standard InChI is InChI=1S/C50H64N4O23S/c1-21(58)53-37-43(75-47-41(66)44(40(65)34(20-57)74-47)77-50(48(69)70)17-29(61)36(51)42(76-50)38(63)30(62)18-55)39(64)33(19-56)73-46(37)71-13-5-3-2-4-12-52-49(78)54-22-6-9-25(28(14-22)45(67)68)35-26-10-7-23(59)15-31(26)72-32-16-24(60)8-11-27(32)35/h6-11,14-16,29-30,33-34,36-44,46-47,55-57,59,61-66H,2-5,12-13,17-20,51H2,1H3,(H,53,58)(H,67,68)(H,69,70)(H2,52,54,78)/t29-,30+,33+,34+,36+,37+,38+,39+,40-,41+,42+,43+,44-,46+,47-,50-/m0/s1. The number of aromatic hydroxyl groups is 1. The Morgan fingerprint density at radius 1 is 0.859 bits per heavy atom. The van der Waals surface area contributed by atoms with Crippen LogP contribution in [0.15, 0.2) is 63.8 Å². The largest absolute Gasteiger partial charge is 0.508 e. The predicted octanol–water partition coefficient (Wildman–Crippen LogP) is -2.40. The number of nitrogens with one attached hydrogen (secondary N) is 3. The summed E-state index contributed by atoms with van der Waals surface area (Å²) in [6, 6.07) is 10.3. The van der Waals surface area contributed by atoms with Crippen molar-refractivity contribution in [2.75, 3.05) is 38.3 Å². The first kappa shape index (κ1) is 60.0. The number of amides is 1. The van der Waals surface area contributed by atoms with E-state index in [0.717, 1.165) is 6.92 Å². The van der Waals surface area contributed by atoms with Crippen molar-refractivity contribution in [1.29, 1.82) is 0 Å². The second-order valence-electron chi connectivity index (χ2n) is 19.1. The number of rotatable bonds is 22. The lowest BCUT2D eigenvalue weighted by Gasteiger charge is -2.50. The quantitative estimate of drug-likeness (QED) is 0.0221. The summed E-state index contributed by atoms with van der Waals surface area (Å²) in [6.07, 6.45) is -22.7. The molecular weight excluding hydrogens is 1060 g/mol. The van der Waals surface area contributed by atoms with Gasteiger partial charge in [-0.15, -0.1) is 0 Å². The van der Waals surface area contributed by atoms with Crippen LogP contribution in [0.25, 0.3) is 33.4 Å². The lowest BCUT2D eigenvalue weighted by atomic mass is 9.88. The van der Waals surface area contributed by atoms with Crippen LogP contribution in [-0.2, 0) is 38.0 Å². The zero-order valence-electron chi connectivity index (χ0n) is 41.8. The average molecular weight is 1120 g/mol. The van der Waals surface area contributed by atoms with E-state index in [1.807, 2.05) is 0 Å². The third-order valence-corrected chi connectivity index (χ3v) is 13.9. The fourth-order valence-electron chi connectivity index (χ4n) is 9.63. The monoisotopic (exact) mass is 1120 g/mol. The van der Waals surface area contributed by atoms with Crippen molar-refractivity contribution in [3.8, 4) is 28.2 Å². The SMILES string of the molecule is CC(=O)N[C@H]1[C@H](OCCCCCCNC(=S)Nc2ccc(-c3c4ccc(=O)cc-4oc4cc(O)ccc34)c(C(=O)O)c2)O[C@H](CO)[C@@H](O)[C@@H]1O[C@@H]1O[C@H](CO)[C@H](O)[C@H](O[C@]2(C(=O)O)C[C@H](O)[C@@H](N)[C@H]([C@H](O)[C@H](O)CO)O2)[C@H]1O. The van der Waals surface area contributed by atoms with Gasteiger partial charge in [0.1, 0.15) is 84.2 Å². The number of hydrogen-bond acceptors (Lipinski definition) is 23. The van der Waals surface area contributed by atoms with Gasteiger partial charge in [-0.25, -0.2) is 9.59 Å². The molecular formula is C50H64N4O23S. The second kappa shape index (κ2) is 26.1. The van der Waals surface area contributed by atoms with Gasteiger partial charge < -0.3 is 116 Å². The van der Waals surface area contributed by atoms with E-state index < -0.39 is 142 Å². The molecule has 5 aliphatic rings. The molecule has 428 valence electrons. The normalized spacial score (nSPS) is 30.1. The molecule has 1 amide bonds. The number of carboxylic acid groups (broad SMARTS) is 2. The summed E-state index contributed by atoms with van der Waals surface area (Å²) in [5.74, 6) is -6.74. The summed E-state index contributed by atoms with van der Waals surface area (Å²) in [6.45, 7) is -1.26. The molecule has 78 heavy (non-hydrogen) atoms. The maximum absolute atomic E-state index is 12.8. The highest BCUT2D eigenvalue weighted by atomic mass is 32.1. The molecule has 0 spiro atoms. The number of nitrogens with two attached hydrogens (primary N) is 1. The Kier molecular flexibility index (Phi) is 20.1. The van der Waals surface area contributed by atoms with Gasteiger partial charge in [0, 0.05) is 60.8 Å². The Morgan fingerprint density at radius 2 is 1.54 bits per heavy atom. The summed E-state index contributed by atoms with van der Waals surface area (Å²) in [7, 11) is 0. The first-order chi connectivity index (χ1) is 37.1. The zero-order valence-corrected chi connectivity index (χ0v) is 42.6. The average Bonchev–Trinajstić information content (AvgIpc) is 3.58. The van der Waals surface area contributed by atoms with Crippen LogP contribution in [0.1, 0.15) is 49.4 Å². The van der Waals surface area contributed by atoms with Crippen LogP contribution in [0.5, 0.6) is 5.75 Å². The first-order valence-electron chi connectivity index (χ1n) is 24.8. The number of phenolic OH excluding ortho intramolecular Hbond substituents is 1. The Bertz CT molecular complexity index is 2770. The number of aliphatic carboxylic acids is 1. The number of thiocarbonyl (C=S) groups is 1. The molecule has 2 aromatic rings. The number of fused-ring (bicyclic) bond motifs is 2. The third-order valence-electron chi connectivity index (χ3n) is 13.6. The second-order valence-corrected chi connectivity index (χ2v) is 19.5. The number of carbonyl (C=O) groups excluding carboxylic acids is 1. The molecule has 16 atom stereocenters. The number of aliphatic hydroxyl groups is 9. The van der Waals surface area contributed by atoms with Gasteiger partial charge >= 0.3 is 11.9 Å². The fourth-order valence-corrected chi connectivity index (χ4v) is 9.85. The number of phenols is 1. The number of anilines is 1. The van der Waals surface area contributed by atoms with Crippen molar-refractivity contribution in [2.45, 2.75) is 137 Å². The predicted molar refractivity (Wildman–Crippen MR) is 272 cm³/mol. The van der Waals surface area contributed by atoms with E-state index in [4.69, 9.17) is 50.8 Å². The first-order valence-corrected chi connectivity index (χ1v) is 25.3. The molecule has 0 bridgehead atoms. The molecule has 1 aliphatic carbocycles. The smallest absolute Gasteiger partial charge is 0.364 e. The summed E-state index contributed by atoms with van der Waals surface area (Å²) in [4.78, 5) is 50.2. The van der Waals surface area contributed by atoms with Gasteiger partial charge in [0.2, 0.25) is 5.91 Å². The number of carbonyl (C=O) groups is 3. The summed E-state index contributed by atoms with van der Waals surface area (Å²) in [5.41, 5.74) is 7.48. The third kappa shape index (κ3) is 13.3. The molecule has 0 saturated carbocycles. The van der Waals surface area contributed by atoms with Crippen molar-refractivity contribution in [3.05, 3.63) is 70.4 Å². The minimum Gasteiger partial charge on any atom is -0.508 e. The van der Waals surface area contributed by atoms with Crippen molar-refractivity contribution in [3.63, 3.8) is 0 Å². The van der Waals surface area contributed by atoms with Crippen LogP contribution in [-0.4, -0.2) is 215 Å². The highest BCUT2D eigenvalue weighted by Crippen LogP contribution is 2.43. The lowest BCUT2D eigenvalue weighted by molar-refractivity contribution is -0.380. The topological polar surface area (TPSA) is 442 Å². The summed E-state index contributed by atoms with van der Waals surface area (Å²) >= 11 is 5.49. The van der Waals surface area contributed by atoms with Gasteiger partial charge in [0.05, 0.1) is 37.5 Å². The molecule has 2 aromatic carbocycles. The molecule has 3 saturated heterocycles. The highest BCUT2D eigenvalue weighted by Gasteiger charge is 2.59. The highest BCUT2D eigenvalue weighted by molar-refractivity contribution is 7.80. The molecule has 28 heteroatoms. The van der Waals surface area contributed by atoms with Crippen LogP contribution in [0.4, 0.5) is 5.69 Å². The van der Waals surface area contributed by atoms with Crippen LogP contribution in [0.2, 0.25) is 0 Å². The van der Waals surface area contributed by atoms with Crippen molar-refractivity contribution in [2.24, 2.45) is 5.73 Å². The van der Waals surface area contributed by atoms with Gasteiger partial charge in [-0.05, 0) is 67.0 Å². The van der Waals surface area contributed by atoms with E-state index in [1.54, 1.807) is 24.3 Å². The van der Waals surface area contributed by atoms with Crippen molar-refractivity contribution >= 4 is 51.8 Å². The van der Waals surface area contributed by atoms with E-state index in [2.05, 4.69) is 16.0 Å². The van der Waals surface area contributed by atoms with Crippen molar-refractivity contribution < 1.29 is 109 Å². The maximum atomic E-state index is 12.8. The number of carboxylic acids is 2. The van der Waals surface area contributed by atoms with Gasteiger partial charge in [0.15, 0.2) is 23.1 Å². The van der Waals surface area contributed by atoms with E-state index in [9.17, 15) is 80.5 Å². The van der Waals surface area contributed by atoms with Crippen molar-refractivity contribution in [1.82, 2.24) is 10.6 Å². The Morgan fingerprint density at radius 3 is 2.21 bits per heavy atom. The Hall–Kier alpha value is -5.61. The molecule has 7 rings (SSSR count). The molecule has 4 aliphatic heterocycles. The molecule has 0 unspecified atom stereocenters. The zero-order chi connectivity index (χ0) is 56.7. The van der Waals surface area contributed by atoms with Gasteiger partial charge in [-0.1, -0.05) is 18.9 Å². The van der Waals surface area contributed by atoms with Gasteiger partial charge in [-0.2, -0.15) is 0 Å². The molecule has 4 heterocycles. The number of unbranched alkanes of at least 4 members (excludes halogenated alkanes) is 3.